The summed E-state index contributed by atoms with van der Waals surface area (Å²) in [6, 6.07) is -1.01. The highest BCUT2D eigenvalue weighted by Gasteiger charge is 2.54. The van der Waals surface area contributed by atoms with Crippen molar-refractivity contribution in [3.05, 3.63) is 35.0 Å². The van der Waals surface area contributed by atoms with Crippen molar-refractivity contribution in [2.75, 3.05) is 24.3 Å². The van der Waals surface area contributed by atoms with Crippen LogP contribution in [0.1, 0.15) is 5.69 Å². The molecule has 0 aromatic carbocycles. The number of nitrogens with two attached hydrogens (primary N) is 1. The second-order valence-electron chi connectivity index (χ2n) is 6.66. The number of nitrogens with zero attached hydrogens (tertiary/aromatic N) is 3. The van der Waals surface area contributed by atoms with Gasteiger partial charge in [-0.2, -0.15) is 8.42 Å². The largest absolute Gasteiger partial charge is 0.479 e. The Morgan fingerprint density at radius 2 is 2.03 bits per heavy atom. The number of hydrogen-bond acceptors (Lipinski definition) is 12. The SMILES string of the molecule is C=CC1=C(C(=O)O)N2C(=O)[C@@H](NC(=O)C(=NOCC(=O)O)c3csc(N)n3)[C@H]2SC1.CS(=O)(=O)O.O. The molecule has 16 nitrogen and oxygen atoms in total. The molecule has 0 bridgehead atoms. The molecular weight excluding hydrogens is 546 g/mol. The number of carboxylic acids is 2. The molecule has 1 aromatic rings. The molecule has 3 heterocycles. The van der Waals surface area contributed by atoms with Gasteiger partial charge in [0.25, 0.3) is 21.9 Å². The van der Waals surface area contributed by atoms with Crippen LogP contribution in [-0.4, -0.2) is 98.0 Å². The molecule has 198 valence electrons. The van der Waals surface area contributed by atoms with Gasteiger partial charge in [-0.1, -0.05) is 17.8 Å². The van der Waals surface area contributed by atoms with E-state index in [9.17, 15) is 32.7 Å². The molecule has 0 saturated carbocycles. The number of β-lactam (4-membered cyclic amide) rings is 1. The number of aliphatic carboxylic acids is 2. The highest BCUT2D eigenvalue weighted by molar-refractivity contribution is 8.00. The van der Waals surface area contributed by atoms with E-state index in [1.54, 1.807) is 0 Å². The Kier molecular flexibility index (Phi) is 10.5. The first kappa shape index (κ1) is 30.5. The normalized spacial score (nSPS) is 19.0. The van der Waals surface area contributed by atoms with E-state index in [0.29, 0.717) is 17.6 Å². The van der Waals surface area contributed by atoms with E-state index in [1.165, 1.54) is 23.2 Å². The number of carbonyl (C=O) groups is 4. The van der Waals surface area contributed by atoms with Crippen LogP contribution in [0.3, 0.4) is 0 Å². The van der Waals surface area contributed by atoms with Gasteiger partial charge in [0, 0.05) is 11.1 Å². The van der Waals surface area contributed by atoms with Gasteiger partial charge in [0.1, 0.15) is 22.8 Å². The fourth-order valence-electron chi connectivity index (χ4n) is 2.76. The minimum Gasteiger partial charge on any atom is -0.479 e. The number of amides is 2. The van der Waals surface area contributed by atoms with Gasteiger partial charge in [-0.15, -0.1) is 23.1 Å². The van der Waals surface area contributed by atoms with E-state index >= 15 is 0 Å². The lowest BCUT2D eigenvalue weighted by molar-refractivity contribution is -0.150. The Bertz CT molecular complexity index is 1220. The Hall–Kier alpha value is -3.52. The van der Waals surface area contributed by atoms with Crippen LogP contribution in [0.15, 0.2) is 34.5 Å². The molecule has 19 heteroatoms. The minimum absolute atomic E-state index is 0. The number of oxime groups is 1. The molecule has 3 rings (SSSR count). The van der Waals surface area contributed by atoms with E-state index in [0.717, 1.165) is 16.2 Å². The summed E-state index contributed by atoms with van der Waals surface area (Å²) in [5.74, 6) is -3.72. The zero-order chi connectivity index (χ0) is 26.5. The molecule has 0 unspecified atom stereocenters. The third-order valence-corrected chi connectivity index (χ3v) is 6.03. The van der Waals surface area contributed by atoms with E-state index in [4.69, 9.17) is 15.4 Å². The number of allylic oxidation sites excluding steroid dienone is 1. The molecule has 2 aliphatic heterocycles. The summed E-state index contributed by atoms with van der Waals surface area (Å²) >= 11 is 2.30. The molecule has 8 N–H and O–H groups in total. The Morgan fingerprint density at radius 3 is 2.50 bits per heavy atom. The number of thioether (sulfide) groups is 1. The molecular formula is C17H21N5O11S3. The Morgan fingerprint density at radius 1 is 1.42 bits per heavy atom. The van der Waals surface area contributed by atoms with Crippen molar-refractivity contribution in [1.29, 1.82) is 0 Å². The second kappa shape index (κ2) is 12.4. The van der Waals surface area contributed by atoms with Gasteiger partial charge in [-0.05, 0) is 5.57 Å². The van der Waals surface area contributed by atoms with Crippen LogP contribution in [-0.2, 0) is 34.1 Å². The number of fused-ring (bicyclic) bond motifs is 1. The van der Waals surface area contributed by atoms with Gasteiger partial charge in [0.15, 0.2) is 10.8 Å². The highest BCUT2D eigenvalue weighted by atomic mass is 32.2. The summed E-state index contributed by atoms with van der Waals surface area (Å²) in [5.41, 5.74) is 5.48. The fourth-order valence-corrected chi connectivity index (χ4v) is 4.65. The molecule has 0 radical (unpaired) electrons. The first-order valence-electron chi connectivity index (χ1n) is 9.14. The van der Waals surface area contributed by atoms with Crippen LogP contribution >= 0.6 is 23.1 Å². The molecule has 0 spiro atoms. The number of carboxylic acid groups (broad SMARTS) is 2. The standard InChI is InChI=1S/C16H15N5O7S2.CH4O3S.H2O/c1-2-6-4-29-14-10(13(25)21(14)11(6)15(26)27)19-12(24)9(20-28-3-8(22)23)7-5-30-16(17)18-7;1-5(2,3)4;/h2,5,10,14H,1,3-4H2,(H2,17,18)(H,19,24)(H,22,23)(H,26,27);1H3,(H,2,3,4);1H2/t10-,14-;;/m1../s1. The average molecular weight is 568 g/mol. The van der Waals surface area contributed by atoms with E-state index < -0.39 is 51.9 Å². The zero-order valence-corrected chi connectivity index (χ0v) is 20.7. The first-order valence-corrected chi connectivity index (χ1v) is 12.9. The minimum atomic E-state index is -3.67. The number of hydrogen-bond donors (Lipinski definition) is 5. The van der Waals surface area contributed by atoms with Crippen LogP contribution in [0.2, 0.25) is 0 Å². The highest BCUT2D eigenvalue weighted by Crippen LogP contribution is 2.40. The molecule has 2 atom stereocenters. The molecule has 1 fully saturated rings. The monoisotopic (exact) mass is 567 g/mol. The Labute approximate surface area is 211 Å². The number of anilines is 1. The van der Waals surface area contributed by atoms with Gasteiger partial charge >= 0.3 is 11.9 Å². The van der Waals surface area contributed by atoms with Crippen molar-refractivity contribution >= 4 is 67.8 Å². The summed E-state index contributed by atoms with van der Waals surface area (Å²) < 4.78 is 25.9. The third-order valence-electron chi connectivity index (χ3n) is 4.06. The fraction of sp³-hybridized carbons (Fsp3) is 0.294. The smallest absolute Gasteiger partial charge is 0.352 e. The van der Waals surface area contributed by atoms with Crippen molar-refractivity contribution in [3.63, 3.8) is 0 Å². The van der Waals surface area contributed by atoms with Crippen molar-refractivity contribution in [2.45, 2.75) is 11.4 Å². The number of rotatable bonds is 8. The second-order valence-corrected chi connectivity index (χ2v) is 10.1. The lowest BCUT2D eigenvalue weighted by atomic mass is 10.0. The van der Waals surface area contributed by atoms with Gasteiger partial charge in [0.05, 0.1) is 6.26 Å². The number of nitrogens with one attached hydrogen (secondary N) is 1. The maximum absolute atomic E-state index is 12.7. The van der Waals surface area contributed by atoms with Crippen molar-refractivity contribution in [3.8, 4) is 0 Å². The molecule has 36 heavy (non-hydrogen) atoms. The van der Waals surface area contributed by atoms with Crippen LogP contribution in [0.5, 0.6) is 0 Å². The lowest BCUT2D eigenvalue weighted by Crippen LogP contribution is -2.71. The predicted molar refractivity (Wildman–Crippen MR) is 128 cm³/mol. The summed E-state index contributed by atoms with van der Waals surface area (Å²) in [4.78, 5) is 57.1. The summed E-state index contributed by atoms with van der Waals surface area (Å²) in [7, 11) is -3.67. The van der Waals surface area contributed by atoms with Crippen LogP contribution in [0.4, 0.5) is 5.13 Å². The van der Waals surface area contributed by atoms with Gasteiger partial charge in [-0.25, -0.2) is 14.6 Å². The molecule has 0 aliphatic carbocycles. The topological polar surface area (TPSA) is 270 Å². The maximum atomic E-state index is 12.7. The van der Waals surface area contributed by atoms with Gasteiger partial charge in [0.2, 0.25) is 6.61 Å². The first-order chi connectivity index (χ1) is 16.2. The van der Waals surface area contributed by atoms with Gasteiger partial charge < -0.3 is 31.6 Å². The van der Waals surface area contributed by atoms with Crippen molar-refractivity contribution < 1.29 is 52.7 Å². The number of thiazole rings is 1. The number of aromatic nitrogens is 1. The van der Waals surface area contributed by atoms with E-state index in [-0.39, 0.29) is 27.7 Å². The van der Waals surface area contributed by atoms with Crippen LogP contribution in [0.25, 0.3) is 0 Å². The predicted octanol–water partition coefficient (Wildman–Crippen LogP) is -1.87. The van der Waals surface area contributed by atoms with E-state index in [2.05, 4.69) is 26.9 Å². The summed E-state index contributed by atoms with van der Waals surface area (Å²) in [6.45, 7) is 2.77. The van der Waals surface area contributed by atoms with Crippen molar-refractivity contribution in [2.24, 2.45) is 5.16 Å². The summed E-state index contributed by atoms with van der Waals surface area (Å²) in [5, 5.41) is 25.0. The number of nitrogen functional groups attached to an aromatic ring is 1. The summed E-state index contributed by atoms with van der Waals surface area (Å²) in [6.07, 6.45) is 2.09. The zero-order valence-electron chi connectivity index (χ0n) is 18.3. The van der Waals surface area contributed by atoms with Crippen LogP contribution in [0, 0.1) is 0 Å². The maximum Gasteiger partial charge on any atom is 0.352 e. The molecule has 2 aliphatic rings. The van der Waals surface area contributed by atoms with E-state index in [1.807, 2.05) is 0 Å². The molecule has 1 saturated heterocycles. The average Bonchev–Trinajstić information content (AvgIpc) is 3.17. The third kappa shape index (κ3) is 7.75. The van der Waals surface area contributed by atoms with Crippen molar-refractivity contribution in [1.82, 2.24) is 15.2 Å². The molecule has 1 aromatic heterocycles. The lowest BCUT2D eigenvalue weighted by Gasteiger charge is -2.49. The quantitative estimate of drug-likeness (QED) is 0.0998. The molecule has 2 amide bonds. The number of carbonyl (C=O) groups excluding carboxylic acids is 2. The van der Waals surface area contributed by atoms with Crippen LogP contribution < -0.4 is 11.1 Å². The Balaban J connectivity index is 0.000000983. The van der Waals surface area contributed by atoms with Gasteiger partial charge in [-0.3, -0.25) is 19.0 Å².